The highest BCUT2D eigenvalue weighted by Gasteiger charge is 2.25. The van der Waals surface area contributed by atoms with Gasteiger partial charge in [-0.3, -0.25) is 4.90 Å². The van der Waals surface area contributed by atoms with Crippen LogP contribution in [0.25, 0.3) is 0 Å². The third kappa shape index (κ3) is 4.86. The van der Waals surface area contributed by atoms with Gasteiger partial charge in [-0.25, -0.2) is 4.98 Å². The van der Waals surface area contributed by atoms with E-state index in [1.807, 2.05) is 0 Å². The van der Waals surface area contributed by atoms with Gasteiger partial charge in [-0.05, 0) is 44.3 Å². The van der Waals surface area contributed by atoms with Crippen LogP contribution in [0.5, 0.6) is 0 Å². The molecular formula is C15H27N3S. The maximum Gasteiger partial charge on any atom is 0.107 e. The average molecular weight is 281 g/mol. The summed E-state index contributed by atoms with van der Waals surface area (Å²) in [6.07, 6.45) is 3.80. The largest absolute Gasteiger partial charge is 0.310 e. The molecule has 1 aliphatic rings. The van der Waals surface area contributed by atoms with Crippen molar-refractivity contribution in [2.45, 2.75) is 53.1 Å². The zero-order valence-electron chi connectivity index (χ0n) is 12.5. The van der Waals surface area contributed by atoms with E-state index >= 15 is 0 Å². The Labute approximate surface area is 121 Å². The van der Waals surface area contributed by atoms with Crippen LogP contribution >= 0.6 is 11.3 Å². The Hall–Kier alpha value is -0.450. The highest BCUT2D eigenvalue weighted by Crippen LogP contribution is 2.30. The predicted molar refractivity (Wildman–Crippen MR) is 82.4 cm³/mol. The predicted octanol–water partition coefficient (Wildman–Crippen LogP) is 3.26. The van der Waals surface area contributed by atoms with Crippen molar-refractivity contribution in [1.29, 1.82) is 0 Å². The van der Waals surface area contributed by atoms with Crippen LogP contribution < -0.4 is 5.32 Å². The van der Waals surface area contributed by atoms with Crippen molar-refractivity contribution >= 4 is 11.3 Å². The van der Waals surface area contributed by atoms with Crippen molar-refractivity contribution in [2.75, 3.05) is 19.6 Å². The first-order valence-corrected chi connectivity index (χ1v) is 8.33. The Bertz CT molecular complexity index is 376. The van der Waals surface area contributed by atoms with E-state index in [9.17, 15) is 0 Å². The summed E-state index contributed by atoms with van der Waals surface area (Å²) < 4.78 is 0. The second-order valence-electron chi connectivity index (χ2n) is 6.35. The van der Waals surface area contributed by atoms with E-state index in [-0.39, 0.29) is 0 Å². The Morgan fingerprint density at radius 2 is 2.11 bits per heavy atom. The Morgan fingerprint density at radius 3 is 2.79 bits per heavy atom. The van der Waals surface area contributed by atoms with E-state index in [0.29, 0.717) is 5.41 Å². The Kier molecular flexibility index (Phi) is 5.37. The van der Waals surface area contributed by atoms with Crippen LogP contribution in [-0.4, -0.2) is 29.5 Å². The molecular weight excluding hydrogens is 254 g/mol. The number of likely N-dealkylation sites (tertiary alicyclic amines) is 1. The highest BCUT2D eigenvalue weighted by molar-refractivity contribution is 7.09. The maximum atomic E-state index is 4.73. The van der Waals surface area contributed by atoms with E-state index < -0.39 is 0 Å². The number of nitrogens with zero attached hydrogens (tertiary/aromatic N) is 2. The minimum atomic E-state index is 0.536. The van der Waals surface area contributed by atoms with E-state index in [1.54, 1.807) is 11.3 Å². The molecule has 1 aliphatic heterocycles. The summed E-state index contributed by atoms with van der Waals surface area (Å²) in [5, 5.41) is 6.86. The van der Waals surface area contributed by atoms with Crippen LogP contribution in [0.3, 0.4) is 0 Å². The van der Waals surface area contributed by atoms with Crippen molar-refractivity contribution in [2.24, 2.45) is 5.41 Å². The van der Waals surface area contributed by atoms with Gasteiger partial charge in [0.05, 0.1) is 5.69 Å². The first-order chi connectivity index (χ1) is 9.09. The van der Waals surface area contributed by atoms with Gasteiger partial charge >= 0.3 is 0 Å². The van der Waals surface area contributed by atoms with Gasteiger partial charge in [0.15, 0.2) is 0 Å². The topological polar surface area (TPSA) is 28.2 Å². The first-order valence-electron chi connectivity index (χ1n) is 7.45. The molecule has 0 aromatic carbocycles. The molecule has 0 bridgehead atoms. The molecule has 1 fully saturated rings. The molecule has 0 radical (unpaired) electrons. The standard InChI is InChI=1S/C15H27N3S/c1-4-7-16-10-14-17-13(12-19-14)11-18-8-5-15(2,3)6-9-18/h12,16H,4-11H2,1-3H3. The summed E-state index contributed by atoms with van der Waals surface area (Å²) in [5.74, 6) is 0. The van der Waals surface area contributed by atoms with Crippen molar-refractivity contribution in [3.05, 3.63) is 16.1 Å². The lowest BCUT2D eigenvalue weighted by atomic mass is 9.83. The fraction of sp³-hybridized carbons (Fsp3) is 0.800. The molecule has 4 heteroatoms. The van der Waals surface area contributed by atoms with Gasteiger partial charge in [-0.1, -0.05) is 20.8 Å². The van der Waals surface area contributed by atoms with Gasteiger partial charge in [0.1, 0.15) is 5.01 Å². The lowest BCUT2D eigenvalue weighted by Gasteiger charge is -2.36. The maximum absolute atomic E-state index is 4.73. The van der Waals surface area contributed by atoms with Crippen molar-refractivity contribution < 1.29 is 0 Å². The van der Waals surface area contributed by atoms with Gasteiger partial charge in [0.2, 0.25) is 0 Å². The molecule has 0 unspecified atom stereocenters. The number of hydrogen-bond donors (Lipinski definition) is 1. The van der Waals surface area contributed by atoms with Crippen molar-refractivity contribution in [3.63, 3.8) is 0 Å². The van der Waals surface area contributed by atoms with E-state index in [0.717, 1.165) is 19.6 Å². The van der Waals surface area contributed by atoms with Crippen LogP contribution in [0.1, 0.15) is 50.7 Å². The summed E-state index contributed by atoms with van der Waals surface area (Å²) in [6.45, 7) is 12.4. The number of rotatable bonds is 6. The molecule has 0 saturated carbocycles. The second-order valence-corrected chi connectivity index (χ2v) is 7.29. The third-order valence-corrected chi connectivity index (χ3v) is 4.80. The lowest BCUT2D eigenvalue weighted by Crippen LogP contribution is -2.36. The summed E-state index contributed by atoms with van der Waals surface area (Å²) >= 11 is 1.79. The molecule has 1 N–H and O–H groups in total. The fourth-order valence-electron chi connectivity index (χ4n) is 2.42. The number of hydrogen-bond acceptors (Lipinski definition) is 4. The van der Waals surface area contributed by atoms with Gasteiger partial charge < -0.3 is 5.32 Å². The molecule has 1 aromatic heterocycles. The van der Waals surface area contributed by atoms with E-state index in [1.165, 1.54) is 43.1 Å². The SMILES string of the molecule is CCCNCc1nc(CN2CCC(C)(C)CC2)cs1. The minimum Gasteiger partial charge on any atom is -0.310 e. The summed E-state index contributed by atoms with van der Waals surface area (Å²) in [7, 11) is 0. The quantitative estimate of drug-likeness (QED) is 0.811. The van der Waals surface area contributed by atoms with Crippen LogP contribution in [0.2, 0.25) is 0 Å². The lowest BCUT2D eigenvalue weighted by molar-refractivity contribution is 0.126. The van der Waals surface area contributed by atoms with Crippen LogP contribution in [0, 0.1) is 5.41 Å². The van der Waals surface area contributed by atoms with Crippen molar-refractivity contribution in [3.8, 4) is 0 Å². The van der Waals surface area contributed by atoms with Crippen LogP contribution in [0.4, 0.5) is 0 Å². The molecule has 19 heavy (non-hydrogen) atoms. The van der Waals surface area contributed by atoms with Gasteiger partial charge in [0.25, 0.3) is 0 Å². The molecule has 0 aliphatic carbocycles. The minimum absolute atomic E-state index is 0.536. The fourth-order valence-corrected chi connectivity index (χ4v) is 3.18. The van der Waals surface area contributed by atoms with E-state index in [4.69, 9.17) is 4.98 Å². The summed E-state index contributed by atoms with van der Waals surface area (Å²) in [6, 6.07) is 0. The average Bonchev–Trinajstić information content (AvgIpc) is 2.80. The Morgan fingerprint density at radius 1 is 1.37 bits per heavy atom. The first kappa shape index (κ1) is 14.9. The molecule has 0 spiro atoms. The molecule has 108 valence electrons. The number of aromatic nitrogens is 1. The normalized spacial score (nSPS) is 19.7. The number of nitrogens with one attached hydrogen (secondary N) is 1. The number of thiazole rings is 1. The molecule has 0 amide bonds. The molecule has 2 heterocycles. The molecule has 2 rings (SSSR count). The van der Waals surface area contributed by atoms with Crippen LogP contribution in [0.15, 0.2) is 5.38 Å². The zero-order chi connectivity index (χ0) is 13.7. The number of piperidine rings is 1. The zero-order valence-corrected chi connectivity index (χ0v) is 13.4. The van der Waals surface area contributed by atoms with Crippen LogP contribution in [-0.2, 0) is 13.1 Å². The van der Waals surface area contributed by atoms with Gasteiger partial charge in [-0.2, -0.15) is 0 Å². The smallest absolute Gasteiger partial charge is 0.107 e. The summed E-state index contributed by atoms with van der Waals surface area (Å²) in [4.78, 5) is 7.27. The Balaban J connectivity index is 1.77. The van der Waals surface area contributed by atoms with Gasteiger partial charge in [0, 0.05) is 18.5 Å². The molecule has 1 saturated heterocycles. The highest BCUT2D eigenvalue weighted by atomic mass is 32.1. The molecule has 0 atom stereocenters. The summed E-state index contributed by atoms with van der Waals surface area (Å²) in [5.41, 5.74) is 1.78. The third-order valence-electron chi connectivity index (χ3n) is 3.90. The monoisotopic (exact) mass is 281 g/mol. The van der Waals surface area contributed by atoms with Crippen molar-refractivity contribution in [1.82, 2.24) is 15.2 Å². The molecule has 3 nitrogen and oxygen atoms in total. The molecule has 1 aromatic rings. The van der Waals surface area contributed by atoms with E-state index in [2.05, 4.69) is 36.4 Å². The van der Waals surface area contributed by atoms with Gasteiger partial charge in [-0.15, -0.1) is 11.3 Å². The second kappa shape index (κ2) is 6.82.